The molecule has 1 rings (SSSR count). The highest BCUT2D eigenvalue weighted by atomic mass is 32.2. The van der Waals surface area contributed by atoms with E-state index in [1.165, 1.54) is 0 Å². The maximum absolute atomic E-state index is 8.59. The Hall–Kier alpha value is -1.01. The second kappa shape index (κ2) is 3.40. The van der Waals surface area contributed by atoms with Crippen LogP contribution in [-0.2, 0) is 0 Å². The largest absolute Gasteiger partial charge is 0.247 e. The summed E-state index contributed by atoms with van der Waals surface area (Å²) in [7, 11) is 0. The van der Waals surface area contributed by atoms with E-state index in [4.69, 9.17) is 5.26 Å². The lowest BCUT2D eigenvalue weighted by atomic mass is 10.2. The fourth-order valence-electron chi connectivity index (χ4n) is 0.807. The highest BCUT2D eigenvalue weighted by Crippen LogP contribution is 2.13. The van der Waals surface area contributed by atoms with Crippen LogP contribution < -0.4 is 0 Å². The lowest BCUT2D eigenvalue weighted by molar-refractivity contribution is 1.06. The third-order valence-electron chi connectivity index (χ3n) is 1.27. The molecule has 0 bridgehead atoms. The van der Waals surface area contributed by atoms with Crippen molar-refractivity contribution in [2.45, 2.75) is 11.9 Å². The fraction of sp³-hybridized carbons (Fsp3) is 0.250. The first kappa shape index (κ1) is 8.09. The fourth-order valence-corrected chi connectivity index (χ4v) is 1.29. The summed E-state index contributed by atoms with van der Waals surface area (Å²) in [6, 6.07) is 5.66. The summed E-state index contributed by atoms with van der Waals surface area (Å²) < 4.78 is 0. The van der Waals surface area contributed by atoms with Crippen molar-refractivity contribution in [3.05, 3.63) is 23.4 Å². The van der Waals surface area contributed by atoms with Gasteiger partial charge in [0.1, 0.15) is 0 Å². The van der Waals surface area contributed by atoms with Gasteiger partial charge in [0.15, 0.2) is 0 Å². The lowest BCUT2D eigenvalue weighted by Crippen LogP contribution is -1.86. The summed E-state index contributed by atoms with van der Waals surface area (Å²) in [5.41, 5.74) is 1.58. The molecular formula is C8H8N2S. The molecular weight excluding hydrogens is 156 g/mol. The van der Waals surface area contributed by atoms with Crippen molar-refractivity contribution in [3.63, 3.8) is 0 Å². The van der Waals surface area contributed by atoms with E-state index in [-0.39, 0.29) is 0 Å². The average molecular weight is 164 g/mol. The molecule has 11 heavy (non-hydrogen) atoms. The van der Waals surface area contributed by atoms with Gasteiger partial charge < -0.3 is 0 Å². The molecule has 0 fully saturated rings. The molecule has 0 aliphatic rings. The van der Waals surface area contributed by atoms with E-state index < -0.39 is 0 Å². The van der Waals surface area contributed by atoms with Crippen molar-refractivity contribution < 1.29 is 0 Å². The van der Waals surface area contributed by atoms with Gasteiger partial charge >= 0.3 is 0 Å². The van der Waals surface area contributed by atoms with Gasteiger partial charge in [0.05, 0.1) is 16.7 Å². The van der Waals surface area contributed by atoms with Crippen molar-refractivity contribution in [2.75, 3.05) is 6.26 Å². The first-order chi connectivity index (χ1) is 5.26. The molecule has 3 heteroatoms. The molecule has 0 aliphatic carbocycles. The van der Waals surface area contributed by atoms with Crippen LogP contribution in [0.3, 0.4) is 0 Å². The Labute approximate surface area is 70.3 Å². The van der Waals surface area contributed by atoms with E-state index in [0.717, 1.165) is 10.7 Å². The van der Waals surface area contributed by atoms with Gasteiger partial charge in [-0.2, -0.15) is 5.26 Å². The monoisotopic (exact) mass is 164 g/mol. The maximum atomic E-state index is 8.59. The minimum Gasteiger partial charge on any atom is -0.247 e. The Bertz CT molecular complexity index is 301. The van der Waals surface area contributed by atoms with Crippen LogP contribution in [0.2, 0.25) is 0 Å². The predicted octanol–water partition coefficient (Wildman–Crippen LogP) is 1.98. The second-order valence-electron chi connectivity index (χ2n) is 2.15. The summed E-state index contributed by atoms with van der Waals surface area (Å²) in [5.74, 6) is 0. The van der Waals surface area contributed by atoms with Crippen molar-refractivity contribution in [1.82, 2.24) is 4.98 Å². The zero-order chi connectivity index (χ0) is 8.27. The van der Waals surface area contributed by atoms with E-state index in [1.54, 1.807) is 23.9 Å². The van der Waals surface area contributed by atoms with Crippen LogP contribution in [0.5, 0.6) is 0 Å². The molecule has 0 amide bonds. The standard InChI is InChI=1S/C8H8N2S/c1-6-3-7(5-9)4-8(10-6)11-2/h3-4H,1-2H3. The van der Waals surface area contributed by atoms with E-state index >= 15 is 0 Å². The summed E-state index contributed by atoms with van der Waals surface area (Å²) in [4.78, 5) is 4.21. The van der Waals surface area contributed by atoms with E-state index in [0.29, 0.717) is 5.56 Å². The quantitative estimate of drug-likeness (QED) is 0.595. The van der Waals surface area contributed by atoms with Gasteiger partial charge in [-0.25, -0.2) is 4.98 Å². The number of hydrogen-bond donors (Lipinski definition) is 0. The number of thioether (sulfide) groups is 1. The molecule has 1 heterocycles. The summed E-state index contributed by atoms with van der Waals surface area (Å²) in [5, 5.41) is 9.50. The summed E-state index contributed by atoms with van der Waals surface area (Å²) in [6.45, 7) is 1.89. The highest BCUT2D eigenvalue weighted by Gasteiger charge is 1.96. The van der Waals surface area contributed by atoms with Crippen LogP contribution in [0, 0.1) is 18.3 Å². The van der Waals surface area contributed by atoms with Crippen molar-refractivity contribution in [1.29, 1.82) is 5.26 Å². The SMILES string of the molecule is CSc1cc(C#N)cc(C)n1. The van der Waals surface area contributed by atoms with Crippen LogP contribution in [0.15, 0.2) is 17.2 Å². The topological polar surface area (TPSA) is 36.7 Å². The van der Waals surface area contributed by atoms with Gasteiger partial charge in [-0.1, -0.05) is 0 Å². The normalized spacial score (nSPS) is 9.18. The van der Waals surface area contributed by atoms with Gasteiger partial charge in [-0.3, -0.25) is 0 Å². The highest BCUT2D eigenvalue weighted by molar-refractivity contribution is 7.98. The van der Waals surface area contributed by atoms with E-state index in [9.17, 15) is 0 Å². The van der Waals surface area contributed by atoms with Crippen LogP contribution in [0.25, 0.3) is 0 Å². The van der Waals surface area contributed by atoms with Crippen LogP contribution >= 0.6 is 11.8 Å². The molecule has 0 aromatic carbocycles. The molecule has 0 spiro atoms. The number of hydrogen-bond acceptors (Lipinski definition) is 3. The van der Waals surface area contributed by atoms with E-state index in [2.05, 4.69) is 11.1 Å². The van der Waals surface area contributed by atoms with Gasteiger partial charge in [-0.15, -0.1) is 11.8 Å². The molecule has 0 unspecified atom stereocenters. The van der Waals surface area contributed by atoms with Crippen LogP contribution in [0.4, 0.5) is 0 Å². The van der Waals surface area contributed by atoms with Gasteiger partial charge in [0.2, 0.25) is 0 Å². The van der Waals surface area contributed by atoms with Crippen LogP contribution in [-0.4, -0.2) is 11.2 Å². The van der Waals surface area contributed by atoms with E-state index in [1.807, 2.05) is 13.2 Å². The molecule has 0 saturated carbocycles. The summed E-state index contributed by atoms with van der Waals surface area (Å²) in [6.07, 6.45) is 1.95. The lowest BCUT2D eigenvalue weighted by Gasteiger charge is -1.97. The number of pyridine rings is 1. The van der Waals surface area contributed by atoms with Crippen molar-refractivity contribution >= 4 is 11.8 Å². The molecule has 0 N–H and O–H groups in total. The zero-order valence-electron chi connectivity index (χ0n) is 6.46. The molecule has 0 radical (unpaired) electrons. The second-order valence-corrected chi connectivity index (χ2v) is 2.98. The molecule has 1 aromatic heterocycles. The third-order valence-corrected chi connectivity index (χ3v) is 1.90. The van der Waals surface area contributed by atoms with Crippen molar-refractivity contribution in [3.8, 4) is 6.07 Å². The molecule has 0 aliphatic heterocycles. The average Bonchev–Trinajstić information content (AvgIpc) is 2.03. The smallest absolute Gasteiger partial charge is 0.0993 e. The van der Waals surface area contributed by atoms with Gasteiger partial charge in [0, 0.05) is 5.69 Å². The molecule has 56 valence electrons. The Balaban J connectivity index is 3.15. The zero-order valence-corrected chi connectivity index (χ0v) is 7.27. The number of nitrogens with zero attached hydrogens (tertiary/aromatic N) is 2. The predicted molar refractivity (Wildman–Crippen MR) is 45.5 cm³/mol. The number of rotatable bonds is 1. The Kier molecular flexibility index (Phi) is 2.50. The first-order valence-electron chi connectivity index (χ1n) is 3.19. The maximum Gasteiger partial charge on any atom is 0.0993 e. The van der Waals surface area contributed by atoms with Crippen molar-refractivity contribution in [2.24, 2.45) is 0 Å². The molecule has 0 atom stereocenters. The molecule has 2 nitrogen and oxygen atoms in total. The number of nitriles is 1. The Morgan fingerprint density at radius 1 is 1.55 bits per heavy atom. The summed E-state index contributed by atoms with van der Waals surface area (Å²) >= 11 is 1.55. The van der Waals surface area contributed by atoms with Crippen LogP contribution in [0.1, 0.15) is 11.3 Å². The number of aromatic nitrogens is 1. The first-order valence-corrected chi connectivity index (χ1v) is 4.41. The Morgan fingerprint density at radius 3 is 2.82 bits per heavy atom. The number of aryl methyl sites for hydroxylation is 1. The minimum absolute atomic E-state index is 0.682. The molecule has 1 aromatic rings. The van der Waals surface area contributed by atoms with Gasteiger partial charge in [-0.05, 0) is 25.3 Å². The third kappa shape index (κ3) is 1.95. The van der Waals surface area contributed by atoms with Gasteiger partial charge in [0.25, 0.3) is 0 Å². The Morgan fingerprint density at radius 2 is 2.27 bits per heavy atom. The molecule has 0 saturated heterocycles. The minimum atomic E-state index is 0.682.